The minimum atomic E-state index is -0.348. The highest BCUT2D eigenvalue weighted by molar-refractivity contribution is 5.94. The van der Waals surface area contributed by atoms with E-state index in [-0.39, 0.29) is 5.91 Å². The van der Waals surface area contributed by atoms with Gasteiger partial charge in [-0.2, -0.15) is 10.2 Å². The van der Waals surface area contributed by atoms with Crippen LogP contribution in [0.3, 0.4) is 0 Å². The number of H-pyrrole nitrogens is 1. The Morgan fingerprint density at radius 3 is 2.83 bits per heavy atom. The number of hydrogen-bond acceptors (Lipinski definition) is 4. The zero-order valence-electron chi connectivity index (χ0n) is 13.2. The number of nitrogens with one attached hydrogen (secondary N) is 2. The summed E-state index contributed by atoms with van der Waals surface area (Å²) >= 11 is 0. The van der Waals surface area contributed by atoms with Crippen LogP contribution in [0.4, 0.5) is 0 Å². The van der Waals surface area contributed by atoms with Gasteiger partial charge in [0.1, 0.15) is 5.69 Å². The molecule has 24 heavy (non-hydrogen) atoms. The fourth-order valence-electron chi connectivity index (χ4n) is 2.18. The third-order valence-electron chi connectivity index (χ3n) is 3.54. The molecular formula is C18H17N5O. The molecule has 0 aliphatic rings. The molecule has 120 valence electrons. The molecule has 2 heterocycles. The van der Waals surface area contributed by atoms with Crippen molar-refractivity contribution in [1.82, 2.24) is 20.6 Å². The Bertz CT molecular complexity index is 837. The lowest BCUT2D eigenvalue weighted by Gasteiger charge is -1.98. The van der Waals surface area contributed by atoms with E-state index in [9.17, 15) is 4.79 Å². The Kier molecular flexibility index (Phi) is 4.76. The van der Waals surface area contributed by atoms with Crippen molar-refractivity contribution in [2.45, 2.75) is 13.3 Å². The summed E-state index contributed by atoms with van der Waals surface area (Å²) in [4.78, 5) is 16.0. The first-order valence-electron chi connectivity index (χ1n) is 7.64. The summed E-state index contributed by atoms with van der Waals surface area (Å²) in [5, 5.41) is 10.8. The van der Waals surface area contributed by atoms with Crippen molar-refractivity contribution in [2.75, 3.05) is 0 Å². The summed E-state index contributed by atoms with van der Waals surface area (Å²) in [7, 11) is 0. The zero-order valence-corrected chi connectivity index (χ0v) is 13.2. The first kappa shape index (κ1) is 15.6. The largest absolute Gasteiger partial charge is 0.289 e. The lowest BCUT2D eigenvalue weighted by atomic mass is 10.1. The minimum Gasteiger partial charge on any atom is -0.272 e. The molecule has 0 aliphatic heterocycles. The highest BCUT2D eigenvalue weighted by Crippen LogP contribution is 2.18. The van der Waals surface area contributed by atoms with Gasteiger partial charge in [-0.1, -0.05) is 37.3 Å². The summed E-state index contributed by atoms with van der Waals surface area (Å²) in [5.74, 6) is -0.348. The maximum atomic E-state index is 12.1. The fourth-order valence-corrected chi connectivity index (χ4v) is 2.18. The number of carbonyl (C=O) groups excluding carboxylic acids is 1. The highest BCUT2D eigenvalue weighted by Gasteiger charge is 2.10. The van der Waals surface area contributed by atoms with Crippen molar-refractivity contribution in [2.24, 2.45) is 5.10 Å². The molecule has 2 N–H and O–H groups in total. The molecule has 6 heteroatoms. The number of benzene rings is 1. The van der Waals surface area contributed by atoms with Gasteiger partial charge in [0.15, 0.2) is 0 Å². The molecule has 0 fully saturated rings. The molecule has 0 saturated carbocycles. The standard InChI is InChI=1S/C18H17N5O/c1-2-13-5-7-15(8-6-13)16-10-17(22-21-16)18(24)23-20-12-14-4-3-9-19-11-14/h3-12H,2H2,1H3,(H,21,22)(H,23,24)/b20-12-. The molecule has 1 amide bonds. The van der Waals surface area contributed by atoms with Crippen molar-refractivity contribution in [3.63, 3.8) is 0 Å². The summed E-state index contributed by atoms with van der Waals surface area (Å²) < 4.78 is 0. The summed E-state index contributed by atoms with van der Waals surface area (Å²) in [6, 6.07) is 13.5. The van der Waals surface area contributed by atoms with Gasteiger partial charge in [0.25, 0.3) is 5.91 Å². The van der Waals surface area contributed by atoms with Crippen molar-refractivity contribution in [3.05, 3.63) is 71.7 Å². The Hall–Kier alpha value is -3.28. The Labute approximate surface area is 139 Å². The molecule has 0 aliphatic carbocycles. The van der Waals surface area contributed by atoms with Crippen LogP contribution >= 0.6 is 0 Å². The maximum absolute atomic E-state index is 12.1. The molecule has 0 unspecified atom stereocenters. The van der Waals surface area contributed by atoms with E-state index in [0.717, 1.165) is 23.2 Å². The lowest BCUT2D eigenvalue weighted by Crippen LogP contribution is -2.18. The number of pyridine rings is 1. The average Bonchev–Trinajstić information content (AvgIpc) is 3.13. The Morgan fingerprint density at radius 1 is 1.29 bits per heavy atom. The van der Waals surface area contributed by atoms with Crippen LogP contribution in [-0.2, 0) is 6.42 Å². The van der Waals surface area contributed by atoms with Gasteiger partial charge in [-0.15, -0.1) is 0 Å². The van der Waals surface area contributed by atoms with E-state index in [1.807, 2.05) is 18.2 Å². The van der Waals surface area contributed by atoms with Gasteiger partial charge in [0.05, 0.1) is 11.9 Å². The van der Waals surface area contributed by atoms with Gasteiger partial charge in [0.2, 0.25) is 0 Å². The van der Waals surface area contributed by atoms with Crippen LogP contribution in [0.15, 0.2) is 60.0 Å². The molecule has 0 bridgehead atoms. The smallest absolute Gasteiger partial charge is 0.272 e. The van der Waals surface area contributed by atoms with Crippen molar-refractivity contribution in [3.8, 4) is 11.3 Å². The van der Waals surface area contributed by atoms with Crippen LogP contribution in [0.2, 0.25) is 0 Å². The quantitative estimate of drug-likeness (QED) is 0.560. The lowest BCUT2D eigenvalue weighted by molar-refractivity contribution is 0.0950. The number of nitrogens with zero attached hydrogens (tertiary/aromatic N) is 3. The maximum Gasteiger partial charge on any atom is 0.289 e. The van der Waals surface area contributed by atoms with Crippen LogP contribution in [0, 0.1) is 0 Å². The molecule has 0 saturated heterocycles. The van der Waals surface area contributed by atoms with E-state index in [1.54, 1.807) is 24.5 Å². The van der Waals surface area contributed by atoms with Gasteiger partial charge in [-0.25, -0.2) is 5.43 Å². The summed E-state index contributed by atoms with van der Waals surface area (Å²) in [6.07, 6.45) is 5.86. The van der Waals surface area contributed by atoms with E-state index in [4.69, 9.17) is 0 Å². The van der Waals surface area contributed by atoms with Gasteiger partial charge in [0, 0.05) is 23.5 Å². The van der Waals surface area contributed by atoms with Crippen molar-refractivity contribution >= 4 is 12.1 Å². The van der Waals surface area contributed by atoms with Crippen LogP contribution in [0.5, 0.6) is 0 Å². The number of aromatic amines is 1. The van der Waals surface area contributed by atoms with Crippen LogP contribution in [0.1, 0.15) is 28.5 Å². The highest BCUT2D eigenvalue weighted by atomic mass is 16.2. The van der Waals surface area contributed by atoms with E-state index in [1.165, 1.54) is 11.8 Å². The normalized spacial score (nSPS) is 10.9. The number of hydrazone groups is 1. The van der Waals surface area contributed by atoms with Crippen LogP contribution in [0.25, 0.3) is 11.3 Å². The molecule has 0 atom stereocenters. The molecular weight excluding hydrogens is 302 g/mol. The monoisotopic (exact) mass is 319 g/mol. The number of aryl methyl sites for hydroxylation is 1. The van der Waals surface area contributed by atoms with Crippen LogP contribution in [-0.4, -0.2) is 27.3 Å². The number of aromatic nitrogens is 3. The van der Waals surface area contributed by atoms with E-state index in [2.05, 4.69) is 44.8 Å². The summed E-state index contributed by atoms with van der Waals surface area (Å²) in [5.41, 5.74) is 6.56. The molecule has 0 radical (unpaired) electrons. The third kappa shape index (κ3) is 3.73. The molecule has 3 aromatic rings. The van der Waals surface area contributed by atoms with Crippen LogP contribution < -0.4 is 5.43 Å². The van der Waals surface area contributed by atoms with Gasteiger partial charge in [-0.05, 0) is 24.1 Å². The molecule has 1 aromatic carbocycles. The molecule has 2 aromatic heterocycles. The fraction of sp³-hybridized carbons (Fsp3) is 0.111. The molecule has 3 rings (SSSR count). The van der Waals surface area contributed by atoms with Crippen molar-refractivity contribution in [1.29, 1.82) is 0 Å². The van der Waals surface area contributed by atoms with Crippen molar-refractivity contribution < 1.29 is 4.79 Å². The first-order valence-corrected chi connectivity index (χ1v) is 7.64. The third-order valence-corrected chi connectivity index (χ3v) is 3.54. The minimum absolute atomic E-state index is 0.348. The zero-order chi connectivity index (χ0) is 16.8. The SMILES string of the molecule is CCc1ccc(-c2cc(C(=O)N/N=C\c3cccnc3)[nH]n2)cc1. The second-order valence-corrected chi connectivity index (χ2v) is 5.20. The Morgan fingerprint density at radius 2 is 2.12 bits per heavy atom. The second kappa shape index (κ2) is 7.32. The number of hydrogen-bond donors (Lipinski definition) is 2. The summed E-state index contributed by atoms with van der Waals surface area (Å²) in [6.45, 7) is 2.11. The number of carbonyl (C=O) groups is 1. The number of rotatable bonds is 5. The van der Waals surface area contributed by atoms with E-state index < -0.39 is 0 Å². The topological polar surface area (TPSA) is 83.0 Å². The van der Waals surface area contributed by atoms with Gasteiger partial charge >= 0.3 is 0 Å². The molecule has 6 nitrogen and oxygen atoms in total. The molecule has 0 spiro atoms. The van der Waals surface area contributed by atoms with Gasteiger partial charge < -0.3 is 0 Å². The van der Waals surface area contributed by atoms with E-state index >= 15 is 0 Å². The first-order chi connectivity index (χ1) is 11.8. The predicted octanol–water partition coefficient (Wildman–Crippen LogP) is 2.80. The average molecular weight is 319 g/mol. The number of amides is 1. The van der Waals surface area contributed by atoms with Gasteiger partial charge in [-0.3, -0.25) is 14.9 Å². The predicted molar refractivity (Wildman–Crippen MR) is 92.7 cm³/mol. The second-order valence-electron chi connectivity index (χ2n) is 5.20. The Balaban J connectivity index is 1.66. The van der Waals surface area contributed by atoms with E-state index in [0.29, 0.717) is 5.69 Å².